The van der Waals surface area contributed by atoms with Crippen molar-refractivity contribution in [1.29, 1.82) is 0 Å². The van der Waals surface area contributed by atoms with Crippen molar-refractivity contribution in [2.45, 2.75) is 38.1 Å². The van der Waals surface area contributed by atoms with E-state index in [1.807, 2.05) is 0 Å². The second-order valence-electron chi connectivity index (χ2n) is 6.73. The summed E-state index contributed by atoms with van der Waals surface area (Å²) >= 11 is 0. The van der Waals surface area contributed by atoms with Gasteiger partial charge in [0, 0.05) is 18.2 Å². The number of nitrogens with zero attached hydrogens (tertiary/aromatic N) is 1. The third kappa shape index (κ3) is 3.67. The molecule has 8 heteroatoms. The summed E-state index contributed by atoms with van der Waals surface area (Å²) in [4.78, 5) is 39.0. The van der Waals surface area contributed by atoms with Crippen LogP contribution in [0.15, 0.2) is 17.7 Å². The minimum absolute atomic E-state index is 0.132. The topological polar surface area (TPSA) is 94.2 Å². The lowest BCUT2D eigenvalue weighted by atomic mass is 9.93. The molecule has 0 atom stereocenters. The van der Waals surface area contributed by atoms with Crippen molar-refractivity contribution >= 4 is 23.9 Å². The molecule has 3 rings (SSSR count). The number of nitrogens with one attached hydrogen (secondary N) is 1. The van der Waals surface area contributed by atoms with E-state index < -0.39 is 17.8 Å². The molecule has 0 unspecified atom stereocenters. The Morgan fingerprint density at radius 1 is 0.964 bits per heavy atom. The second-order valence-corrected chi connectivity index (χ2v) is 6.73. The number of carbonyl (C=O) groups excluding carboxylic acids is 3. The first-order chi connectivity index (χ1) is 13.5. The number of barbiturate groups is 1. The molecule has 28 heavy (non-hydrogen) atoms. The average Bonchev–Trinajstić information content (AvgIpc) is 2.71. The number of ether oxygens (including phenoxy) is 3. The van der Waals surface area contributed by atoms with Crippen LogP contribution in [0.25, 0.3) is 6.08 Å². The first-order valence-electron chi connectivity index (χ1n) is 9.20. The molecular formula is C20H24N2O6. The lowest BCUT2D eigenvalue weighted by Gasteiger charge is -2.35. The van der Waals surface area contributed by atoms with Gasteiger partial charge in [0.1, 0.15) is 22.8 Å². The van der Waals surface area contributed by atoms with Crippen molar-refractivity contribution in [2.24, 2.45) is 0 Å². The number of imide groups is 2. The number of amides is 4. The summed E-state index contributed by atoms with van der Waals surface area (Å²) in [6.07, 6.45) is 5.88. The highest BCUT2D eigenvalue weighted by Crippen LogP contribution is 2.36. The van der Waals surface area contributed by atoms with Crippen molar-refractivity contribution in [3.63, 3.8) is 0 Å². The summed E-state index contributed by atoms with van der Waals surface area (Å²) < 4.78 is 16.0. The third-order valence-corrected chi connectivity index (χ3v) is 5.11. The van der Waals surface area contributed by atoms with Crippen molar-refractivity contribution < 1.29 is 28.6 Å². The number of urea groups is 1. The molecule has 8 nitrogen and oxygen atoms in total. The Hall–Kier alpha value is -3.03. The van der Waals surface area contributed by atoms with Crippen LogP contribution in [-0.2, 0) is 9.59 Å². The molecule has 4 amide bonds. The molecular weight excluding hydrogens is 364 g/mol. The maximum Gasteiger partial charge on any atom is 0.331 e. The van der Waals surface area contributed by atoms with Gasteiger partial charge in [-0.15, -0.1) is 0 Å². The standard InChI is InChI=1S/C20H24N2O6/c1-26-13-9-16(27-2)14(17(10-13)28-3)11-15-18(23)21-20(25)22(19(15)24)12-7-5-4-6-8-12/h9-12H,4-8H2,1-3H3,(H,21,23,25)/b15-11+. The van der Waals surface area contributed by atoms with Crippen molar-refractivity contribution in [3.8, 4) is 17.2 Å². The zero-order chi connectivity index (χ0) is 20.3. The van der Waals surface area contributed by atoms with E-state index in [9.17, 15) is 14.4 Å². The Kier molecular flexibility index (Phi) is 5.87. The predicted octanol–water partition coefficient (Wildman–Crippen LogP) is 2.51. The van der Waals surface area contributed by atoms with Crippen LogP contribution in [0.2, 0.25) is 0 Å². The highest BCUT2D eigenvalue weighted by atomic mass is 16.5. The van der Waals surface area contributed by atoms with E-state index in [0.29, 0.717) is 22.8 Å². The summed E-state index contributed by atoms with van der Waals surface area (Å²) in [6, 6.07) is 2.40. The van der Waals surface area contributed by atoms with Gasteiger partial charge in [-0.1, -0.05) is 19.3 Å². The van der Waals surface area contributed by atoms with Crippen LogP contribution < -0.4 is 19.5 Å². The molecule has 0 bridgehead atoms. The van der Waals surface area contributed by atoms with E-state index in [2.05, 4.69) is 5.32 Å². The SMILES string of the molecule is COc1cc(OC)c(/C=C2\C(=O)NC(=O)N(C3CCCCC3)C2=O)c(OC)c1. The van der Waals surface area contributed by atoms with Gasteiger partial charge in [0.2, 0.25) is 0 Å². The van der Waals surface area contributed by atoms with Gasteiger partial charge in [0.15, 0.2) is 0 Å². The fourth-order valence-electron chi connectivity index (χ4n) is 3.66. The lowest BCUT2D eigenvalue weighted by Crippen LogP contribution is -2.58. The maximum absolute atomic E-state index is 13.0. The number of hydrogen-bond donors (Lipinski definition) is 1. The molecule has 1 saturated carbocycles. The molecule has 1 aliphatic carbocycles. The van der Waals surface area contributed by atoms with E-state index in [4.69, 9.17) is 14.2 Å². The fourth-order valence-corrected chi connectivity index (χ4v) is 3.66. The van der Waals surface area contributed by atoms with E-state index in [1.54, 1.807) is 12.1 Å². The minimum atomic E-state index is -0.734. The Labute approximate surface area is 163 Å². The van der Waals surface area contributed by atoms with Gasteiger partial charge in [-0.25, -0.2) is 4.79 Å². The van der Waals surface area contributed by atoms with E-state index in [-0.39, 0.29) is 11.6 Å². The van der Waals surface area contributed by atoms with E-state index >= 15 is 0 Å². The monoisotopic (exact) mass is 388 g/mol. The number of hydrogen-bond acceptors (Lipinski definition) is 6. The molecule has 1 N–H and O–H groups in total. The van der Waals surface area contributed by atoms with Gasteiger partial charge in [-0.3, -0.25) is 19.8 Å². The molecule has 2 fully saturated rings. The number of methoxy groups -OCH3 is 3. The van der Waals surface area contributed by atoms with Gasteiger partial charge >= 0.3 is 6.03 Å². The van der Waals surface area contributed by atoms with Crippen LogP contribution in [0.1, 0.15) is 37.7 Å². The zero-order valence-electron chi connectivity index (χ0n) is 16.2. The van der Waals surface area contributed by atoms with Crippen LogP contribution in [-0.4, -0.2) is 50.1 Å². The summed E-state index contributed by atoms with van der Waals surface area (Å²) in [5.74, 6) is -0.0623. The molecule has 1 heterocycles. The van der Waals surface area contributed by atoms with Gasteiger partial charge < -0.3 is 14.2 Å². The van der Waals surface area contributed by atoms with Gasteiger partial charge in [0.05, 0.1) is 26.9 Å². The van der Waals surface area contributed by atoms with Crippen LogP contribution in [0.3, 0.4) is 0 Å². The molecule has 1 aromatic carbocycles. The molecule has 1 saturated heterocycles. The second kappa shape index (κ2) is 8.33. The summed E-state index contributed by atoms with van der Waals surface area (Å²) in [5, 5.41) is 2.28. The van der Waals surface area contributed by atoms with E-state index in [0.717, 1.165) is 32.1 Å². The Morgan fingerprint density at radius 2 is 1.57 bits per heavy atom. The molecule has 0 radical (unpaired) electrons. The molecule has 150 valence electrons. The lowest BCUT2D eigenvalue weighted by molar-refractivity contribution is -0.132. The van der Waals surface area contributed by atoms with Crippen molar-refractivity contribution in [3.05, 3.63) is 23.3 Å². The average molecular weight is 388 g/mol. The van der Waals surface area contributed by atoms with Crippen LogP contribution in [0.4, 0.5) is 4.79 Å². The van der Waals surface area contributed by atoms with Gasteiger partial charge in [-0.2, -0.15) is 0 Å². The predicted molar refractivity (Wildman–Crippen MR) is 101 cm³/mol. The third-order valence-electron chi connectivity index (χ3n) is 5.11. The molecule has 1 aromatic rings. The molecule has 2 aliphatic rings. The first kappa shape index (κ1) is 19.7. The van der Waals surface area contributed by atoms with Crippen molar-refractivity contribution in [1.82, 2.24) is 10.2 Å². The summed E-state index contributed by atoms with van der Waals surface area (Å²) in [6.45, 7) is 0. The number of benzene rings is 1. The number of rotatable bonds is 5. The smallest absolute Gasteiger partial charge is 0.331 e. The summed E-state index contributed by atoms with van der Waals surface area (Å²) in [7, 11) is 4.45. The van der Waals surface area contributed by atoms with E-state index in [1.165, 1.54) is 32.3 Å². The normalized spacial score (nSPS) is 19.6. The Bertz CT molecular complexity index is 801. The molecule has 0 aromatic heterocycles. The molecule has 0 spiro atoms. The maximum atomic E-state index is 13.0. The Balaban J connectivity index is 2.03. The highest BCUT2D eigenvalue weighted by molar-refractivity contribution is 6.31. The fraction of sp³-hybridized carbons (Fsp3) is 0.450. The highest BCUT2D eigenvalue weighted by Gasteiger charge is 2.40. The molecule has 1 aliphatic heterocycles. The largest absolute Gasteiger partial charge is 0.496 e. The minimum Gasteiger partial charge on any atom is -0.496 e. The zero-order valence-corrected chi connectivity index (χ0v) is 16.2. The first-order valence-corrected chi connectivity index (χ1v) is 9.20. The quantitative estimate of drug-likeness (QED) is 0.615. The van der Waals surface area contributed by atoms with Crippen LogP contribution >= 0.6 is 0 Å². The summed E-state index contributed by atoms with van der Waals surface area (Å²) in [5.41, 5.74) is 0.286. The number of carbonyl (C=O) groups is 3. The van der Waals surface area contributed by atoms with Gasteiger partial charge in [-0.05, 0) is 18.9 Å². The van der Waals surface area contributed by atoms with Crippen LogP contribution in [0, 0.1) is 0 Å². The van der Waals surface area contributed by atoms with Gasteiger partial charge in [0.25, 0.3) is 11.8 Å². The van der Waals surface area contributed by atoms with Crippen LogP contribution in [0.5, 0.6) is 17.2 Å². The van der Waals surface area contributed by atoms with Crippen molar-refractivity contribution in [2.75, 3.05) is 21.3 Å². The Morgan fingerprint density at radius 3 is 2.11 bits per heavy atom.